The van der Waals surface area contributed by atoms with Crippen LogP contribution in [0.25, 0.3) is 10.9 Å². The Balaban J connectivity index is 1.84. The third kappa shape index (κ3) is 3.49. The first-order valence-corrected chi connectivity index (χ1v) is 10.2. The van der Waals surface area contributed by atoms with Crippen LogP contribution >= 0.6 is 0 Å². The highest BCUT2D eigenvalue weighted by molar-refractivity contribution is 5.89. The molecule has 0 unspecified atom stereocenters. The molecule has 6 nitrogen and oxygen atoms in total. The largest absolute Gasteiger partial charge is 0.416 e. The minimum Gasteiger partial charge on any atom is -0.363 e. The Labute approximate surface area is 182 Å². The van der Waals surface area contributed by atoms with Gasteiger partial charge in [-0.1, -0.05) is 12.1 Å². The second kappa shape index (κ2) is 7.33. The quantitative estimate of drug-likeness (QED) is 0.635. The van der Waals surface area contributed by atoms with Crippen molar-refractivity contribution in [3.8, 4) is 6.07 Å². The Morgan fingerprint density at radius 1 is 1.25 bits per heavy atom. The summed E-state index contributed by atoms with van der Waals surface area (Å²) in [6.45, 7) is 4.83. The normalized spacial score (nSPS) is 15.9. The maximum absolute atomic E-state index is 13.4. The lowest BCUT2D eigenvalue weighted by Crippen LogP contribution is -2.26. The number of anilines is 1. The first-order valence-electron chi connectivity index (χ1n) is 10.2. The highest BCUT2D eigenvalue weighted by Crippen LogP contribution is 2.47. The summed E-state index contributed by atoms with van der Waals surface area (Å²) in [4.78, 5) is 21.7. The van der Waals surface area contributed by atoms with Crippen molar-refractivity contribution in [2.24, 2.45) is 7.05 Å². The second-order valence-corrected chi connectivity index (χ2v) is 8.35. The van der Waals surface area contributed by atoms with Crippen LogP contribution in [-0.2, 0) is 18.6 Å². The number of hydrogen-bond acceptors (Lipinski definition) is 5. The molecule has 2 heterocycles. The standard InChI is InChI=1S/C23H22F3N5O/c1-12-15(6-5-7-17(12)23(24,25)26)13(2)28-20-16-10-18(22(11-27)8-9-22)31(4)21(32)19(16)29-14(3)30-20/h5-7,10,13H,8-9H2,1-4H3,(H,28,29,30)/t13-/m1/s1. The van der Waals surface area contributed by atoms with Gasteiger partial charge in [0.05, 0.1) is 28.5 Å². The van der Waals surface area contributed by atoms with E-state index in [1.807, 2.05) is 0 Å². The number of hydrogen-bond donors (Lipinski definition) is 1. The fourth-order valence-electron chi connectivity index (χ4n) is 4.21. The van der Waals surface area contributed by atoms with Gasteiger partial charge in [0.1, 0.15) is 17.2 Å². The summed E-state index contributed by atoms with van der Waals surface area (Å²) >= 11 is 0. The Kier molecular flexibility index (Phi) is 4.99. The van der Waals surface area contributed by atoms with Crippen LogP contribution in [0.5, 0.6) is 0 Å². The summed E-state index contributed by atoms with van der Waals surface area (Å²) in [5.41, 5.74) is -0.322. The molecule has 32 heavy (non-hydrogen) atoms. The number of rotatable bonds is 4. The van der Waals surface area contributed by atoms with E-state index in [9.17, 15) is 23.2 Å². The molecule has 0 spiro atoms. The first kappa shape index (κ1) is 21.8. The molecule has 1 atom stereocenters. The maximum Gasteiger partial charge on any atom is 0.416 e. The van der Waals surface area contributed by atoms with E-state index in [1.165, 1.54) is 17.6 Å². The van der Waals surface area contributed by atoms with Crippen LogP contribution < -0.4 is 10.9 Å². The molecule has 1 saturated carbocycles. The van der Waals surface area contributed by atoms with Gasteiger partial charge in [0.25, 0.3) is 5.56 Å². The van der Waals surface area contributed by atoms with Crippen LogP contribution in [0.15, 0.2) is 29.1 Å². The van der Waals surface area contributed by atoms with Crippen LogP contribution in [0.1, 0.15) is 54.0 Å². The molecular weight excluding hydrogens is 419 g/mol. The zero-order valence-corrected chi connectivity index (χ0v) is 18.1. The molecule has 9 heteroatoms. The Morgan fingerprint density at radius 3 is 2.53 bits per heavy atom. The lowest BCUT2D eigenvalue weighted by molar-refractivity contribution is -0.138. The highest BCUT2D eigenvalue weighted by atomic mass is 19.4. The van der Waals surface area contributed by atoms with Crippen LogP contribution in [0.2, 0.25) is 0 Å². The monoisotopic (exact) mass is 441 g/mol. The summed E-state index contributed by atoms with van der Waals surface area (Å²) < 4.78 is 41.5. The van der Waals surface area contributed by atoms with Crippen molar-refractivity contribution >= 4 is 16.7 Å². The van der Waals surface area contributed by atoms with Gasteiger partial charge in [0, 0.05) is 12.7 Å². The van der Waals surface area contributed by atoms with Crippen LogP contribution in [0.4, 0.5) is 19.0 Å². The summed E-state index contributed by atoms with van der Waals surface area (Å²) in [7, 11) is 1.62. The van der Waals surface area contributed by atoms with E-state index in [4.69, 9.17) is 0 Å². The van der Waals surface area contributed by atoms with Gasteiger partial charge >= 0.3 is 6.18 Å². The fourth-order valence-corrected chi connectivity index (χ4v) is 4.21. The number of nitrogens with one attached hydrogen (secondary N) is 1. The lowest BCUT2D eigenvalue weighted by Gasteiger charge is -2.22. The first-order chi connectivity index (χ1) is 15.0. The summed E-state index contributed by atoms with van der Waals surface area (Å²) in [6, 6.07) is 7.60. The van der Waals surface area contributed by atoms with Crippen LogP contribution in [0, 0.1) is 25.2 Å². The number of aromatic nitrogens is 3. The lowest BCUT2D eigenvalue weighted by atomic mass is 9.97. The number of alkyl halides is 3. The highest BCUT2D eigenvalue weighted by Gasteiger charge is 2.47. The molecule has 1 aliphatic rings. The summed E-state index contributed by atoms with van der Waals surface area (Å²) in [5.74, 6) is 0.712. The van der Waals surface area contributed by atoms with Crippen molar-refractivity contribution in [1.29, 1.82) is 5.26 Å². The smallest absolute Gasteiger partial charge is 0.363 e. The van der Waals surface area contributed by atoms with Crippen molar-refractivity contribution in [3.63, 3.8) is 0 Å². The molecule has 1 N–H and O–H groups in total. The zero-order chi connectivity index (χ0) is 23.4. The Bertz CT molecular complexity index is 1330. The number of benzene rings is 1. The van der Waals surface area contributed by atoms with Gasteiger partial charge in [0.15, 0.2) is 0 Å². The van der Waals surface area contributed by atoms with Crippen LogP contribution in [-0.4, -0.2) is 14.5 Å². The van der Waals surface area contributed by atoms with Gasteiger partial charge in [-0.05, 0) is 56.9 Å². The summed E-state index contributed by atoms with van der Waals surface area (Å²) in [5, 5.41) is 13.2. The molecule has 1 aromatic carbocycles. The van der Waals surface area contributed by atoms with E-state index < -0.39 is 23.2 Å². The Morgan fingerprint density at radius 2 is 1.94 bits per heavy atom. The van der Waals surface area contributed by atoms with Crippen molar-refractivity contribution in [2.75, 3.05) is 5.32 Å². The van der Waals surface area contributed by atoms with Gasteiger partial charge in [-0.15, -0.1) is 0 Å². The predicted molar refractivity (Wildman–Crippen MR) is 114 cm³/mol. The second-order valence-electron chi connectivity index (χ2n) is 8.35. The van der Waals surface area contributed by atoms with Gasteiger partial charge in [-0.3, -0.25) is 4.79 Å². The third-order valence-electron chi connectivity index (χ3n) is 6.16. The van der Waals surface area contributed by atoms with Gasteiger partial charge in [-0.25, -0.2) is 9.97 Å². The van der Waals surface area contributed by atoms with E-state index >= 15 is 0 Å². The molecule has 1 fully saturated rings. The van der Waals surface area contributed by atoms with E-state index in [0.29, 0.717) is 41.1 Å². The van der Waals surface area contributed by atoms with E-state index in [0.717, 1.165) is 6.07 Å². The minimum absolute atomic E-state index is 0.133. The maximum atomic E-state index is 13.4. The number of aryl methyl sites for hydroxylation is 1. The average molecular weight is 441 g/mol. The van der Waals surface area contributed by atoms with E-state index in [1.54, 1.807) is 33.0 Å². The number of nitriles is 1. The van der Waals surface area contributed by atoms with E-state index in [-0.39, 0.29) is 16.6 Å². The molecule has 0 amide bonds. The molecule has 0 bridgehead atoms. The number of fused-ring (bicyclic) bond motifs is 1. The molecule has 0 radical (unpaired) electrons. The van der Waals surface area contributed by atoms with Crippen molar-refractivity contribution in [2.45, 2.75) is 51.2 Å². The molecule has 2 aromatic heterocycles. The molecule has 1 aliphatic carbocycles. The fraction of sp³-hybridized carbons (Fsp3) is 0.391. The Hall–Kier alpha value is -3.41. The van der Waals surface area contributed by atoms with Crippen LogP contribution in [0.3, 0.4) is 0 Å². The number of pyridine rings is 1. The third-order valence-corrected chi connectivity index (χ3v) is 6.16. The zero-order valence-electron chi connectivity index (χ0n) is 18.1. The number of halogens is 3. The van der Waals surface area contributed by atoms with E-state index in [2.05, 4.69) is 21.4 Å². The van der Waals surface area contributed by atoms with Gasteiger partial charge < -0.3 is 9.88 Å². The van der Waals surface area contributed by atoms with Gasteiger partial charge in [-0.2, -0.15) is 18.4 Å². The molecule has 166 valence electrons. The SMILES string of the molecule is Cc1nc(N[C@H](C)c2cccc(C(F)(F)F)c2C)c2cc(C3(C#N)CC3)n(C)c(=O)c2n1. The van der Waals surface area contributed by atoms with Crippen molar-refractivity contribution in [3.05, 3.63) is 62.8 Å². The van der Waals surface area contributed by atoms with Gasteiger partial charge in [0.2, 0.25) is 0 Å². The molecule has 3 aromatic rings. The minimum atomic E-state index is -4.45. The molecular formula is C23H22F3N5O. The molecule has 0 aliphatic heterocycles. The summed E-state index contributed by atoms with van der Waals surface area (Å²) in [6.07, 6.45) is -3.12. The molecule has 0 saturated heterocycles. The topological polar surface area (TPSA) is 83.6 Å². The predicted octanol–water partition coefficient (Wildman–Crippen LogP) is 4.69. The average Bonchev–Trinajstić information content (AvgIpc) is 3.51. The van der Waals surface area contributed by atoms with Crippen molar-refractivity contribution < 1.29 is 13.2 Å². The van der Waals surface area contributed by atoms with Crippen molar-refractivity contribution in [1.82, 2.24) is 14.5 Å². The number of nitrogens with zero attached hydrogens (tertiary/aromatic N) is 4. The molecule has 4 rings (SSSR count).